The van der Waals surface area contributed by atoms with Crippen LogP contribution in [-0.2, 0) is 14.2 Å². The van der Waals surface area contributed by atoms with E-state index in [1.165, 1.54) is 61.5 Å². The van der Waals surface area contributed by atoms with Gasteiger partial charge in [0.25, 0.3) is 0 Å². The Bertz CT molecular complexity index is 1770. The number of rotatable bonds is 7. The van der Waals surface area contributed by atoms with Gasteiger partial charge in [-0.1, -0.05) is 0 Å². The molecular formula is C39H46HfSi. The van der Waals surface area contributed by atoms with Crippen molar-refractivity contribution in [1.29, 1.82) is 0 Å². The Balaban J connectivity index is 1.59. The zero-order valence-corrected chi connectivity index (χ0v) is 30.9. The van der Waals surface area contributed by atoms with Gasteiger partial charge in [0.05, 0.1) is 0 Å². The molecule has 0 saturated heterocycles. The molecule has 4 aromatic rings. The molecule has 41 heavy (non-hydrogen) atoms. The fourth-order valence-electron chi connectivity index (χ4n) is 8.95. The predicted molar refractivity (Wildman–Crippen MR) is 183 cm³/mol. The molecule has 0 spiro atoms. The summed E-state index contributed by atoms with van der Waals surface area (Å²) in [5.41, 5.74) is 14.1. The first kappa shape index (κ1) is 28.6. The summed E-state index contributed by atoms with van der Waals surface area (Å²) in [5.74, 6) is 0. The van der Waals surface area contributed by atoms with Crippen molar-refractivity contribution in [3.8, 4) is 22.3 Å². The van der Waals surface area contributed by atoms with Gasteiger partial charge in [-0.2, -0.15) is 0 Å². The van der Waals surface area contributed by atoms with Crippen LogP contribution in [0.15, 0.2) is 97.1 Å². The Morgan fingerprint density at radius 1 is 0.585 bits per heavy atom. The van der Waals surface area contributed by atoms with Crippen LogP contribution >= 0.6 is 0 Å². The molecule has 2 aliphatic rings. The van der Waals surface area contributed by atoms with E-state index in [4.69, 9.17) is 0 Å². The summed E-state index contributed by atoms with van der Waals surface area (Å²) in [4.78, 5) is 0. The van der Waals surface area contributed by atoms with Crippen molar-refractivity contribution in [2.45, 2.75) is 59.2 Å². The van der Waals surface area contributed by atoms with E-state index >= 15 is 0 Å². The number of fused-ring (bicyclic) bond motifs is 2. The third kappa shape index (κ3) is 4.23. The monoisotopic (exact) mass is 722 g/mol. The first-order valence-corrected chi connectivity index (χ1v) is 41.4. The van der Waals surface area contributed by atoms with Crippen LogP contribution in [0.1, 0.15) is 60.5 Å². The van der Waals surface area contributed by atoms with Gasteiger partial charge in [0.2, 0.25) is 0 Å². The molecule has 2 aliphatic carbocycles. The van der Waals surface area contributed by atoms with Crippen LogP contribution in [-0.4, -0.2) is 6.94 Å². The Labute approximate surface area is 243 Å². The topological polar surface area (TPSA) is 0 Å². The SMILES string of the molecule is CCC[CH2][Hf]([CH3])([CH3])([CH3])(=[SiH2])([CH]1C=Cc2c(-c3ccccc3C)cccc21)[CH]1C=Cc2c(-c3ccccc3C)cccc21. The van der Waals surface area contributed by atoms with Crippen LogP contribution in [0.25, 0.3) is 34.4 Å². The first-order chi connectivity index (χ1) is 19.3. The van der Waals surface area contributed by atoms with E-state index in [0.29, 0.717) is 7.35 Å². The zero-order chi connectivity index (χ0) is 29.2. The Morgan fingerprint density at radius 2 is 1.00 bits per heavy atom. The molecule has 2 heteroatoms. The summed E-state index contributed by atoms with van der Waals surface area (Å²) in [5, 5.41) is 0. The molecular weight excluding hydrogens is 675 g/mol. The molecule has 0 nitrogen and oxygen atoms in total. The van der Waals surface area contributed by atoms with Crippen molar-refractivity contribution < 1.29 is 14.2 Å². The van der Waals surface area contributed by atoms with Crippen molar-refractivity contribution in [1.82, 2.24) is 0 Å². The predicted octanol–water partition coefficient (Wildman–Crippen LogP) is 11.1. The van der Waals surface area contributed by atoms with E-state index < -0.39 is 14.2 Å². The van der Waals surface area contributed by atoms with Gasteiger partial charge in [-0.3, -0.25) is 0 Å². The van der Waals surface area contributed by atoms with Crippen LogP contribution in [0.4, 0.5) is 0 Å². The summed E-state index contributed by atoms with van der Waals surface area (Å²) in [6.07, 6.45) is 12.7. The number of allylic oxidation sites excluding steroid dienone is 2. The molecule has 0 saturated carbocycles. The quantitative estimate of drug-likeness (QED) is 0.167. The number of aryl methyl sites for hydroxylation is 2. The molecule has 2 atom stereocenters. The average molecular weight is 721 g/mol. The summed E-state index contributed by atoms with van der Waals surface area (Å²) in [6.45, 7) is 9.35. The fraction of sp³-hybridized carbons (Fsp3) is 0.282. The summed E-state index contributed by atoms with van der Waals surface area (Å²) in [6, 6.07) is 31.9. The number of unbranched alkanes of at least 4 members (excludes halogenated alkanes) is 1. The van der Waals surface area contributed by atoms with Crippen LogP contribution < -0.4 is 0 Å². The number of benzene rings is 4. The molecule has 0 radical (unpaired) electrons. The van der Waals surface area contributed by atoms with E-state index in [-0.39, 0.29) is 0 Å². The second-order valence-corrected chi connectivity index (χ2v) is 98.3. The molecule has 2 unspecified atom stereocenters. The number of hydrogen-bond acceptors (Lipinski definition) is 0. The maximum absolute atomic E-state index is 4.88. The van der Waals surface area contributed by atoms with E-state index in [1.807, 2.05) is 0 Å². The van der Waals surface area contributed by atoms with Gasteiger partial charge in [-0.25, -0.2) is 0 Å². The van der Waals surface area contributed by atoms with Gasteiger partial charge in [-0.15, -0.1) is 0 Å². The molecule has 0 fully saturated rings. The van der Waals surface area contributed by atoms with Crippen molar-refractivity contribution in [2.75, 3.05) is 0 Å². The molecule has 0 heterocycles. The molecule has 4 aromatic carbocycles. The Hall–Kier alpha value is -2.55. The van der Waals surface area contributed by atoms with Crippen LogP contribution in [0, 0.1) is 13.8 Å². The van der Waals surface area contributed by atoms with E-state index in [1.54, 1.807) is 11.1 Å². The van der Waals surface area contributed by atoms with Crippen molar-refractivity contribution in [3.63, 3.8) is 0 Å². The molecule has 0 aliphatic heterocycles. The molecule has 0 N–H and O–H groups in total. The second kappa shape index (κ2) is 8.74. The van der Waals surface area contributed by atoms with Gasteiger partial charge in [-0.05, 0) is 0 Å². The van der Waals surface area contributed by atoms with Gasteiger partial charge in [0.15, 0.2) is 0 Å². The Morgan fingerprint density at radius 3 is 1.41 bits per heavy atom. The third-order valence-corrected chi connectivity index (χ3v) is 57.6. The zero-order valence-electron chi connectivity index (χ0n) is 25.9. The second-order valence-electron chi connectivity index (χ2n) is 16.6. The van der Waals surface area contributed by atoms with Gasteiger partial charge < -0.3 is 0 Å². The standard InChI is InChI=1S/2C16H13.C4H9.3CH3.Hf.H2Si/c2*1-12-6-2-3-9-14(12)16-11-5-8-13-7-4-10-15(13)16;1-3-4-2;;;;;/h2*2-11H,1H3;1,3-4H2,2H3;3*1H3;;1H2. The molecule has 0 amide bonds. The van der Waals surface area contributed by atoms with Gasteiger partial charge in [0, 0.05) is 0 Å². The van der Waals surface area contributed by atoms with Gasteiger partial charge >= 0.3 is 245 Å². The van der Waals surface area contributed by atoms with Crippen LogP contribution in [0.2, 0.25) is 18.2 Å². The molecule has 0 bridgehead atoms. The van der Waals surface area contributed by atoms with E-state index in [2.05, 4.69) is 151 Å². The first-order valence-electron chi connectivity index (χ1n) is 15.6. The molecule has 6 rings (SSSR count). The third-order valence-electron chi connectivity index (χ3n) is 11.6. The summed E-state index contributed by atoms with van der Waals surface area (Å²) < 4.78 is 10.7. The summed E-state index contributed by atoms with van der Waals surface area (Å²) >= 11 is -4.88. The van der Waals surface area contributed by atoms with Crippen molar-refractivity contribution in [3.05, 3.63) is 130 Å². The van der Waals surface area contributed by atoms with E-state index in [0.717, 1.165) is 0 Å². The molecule has 210 valence electrons. The fourth-order valence-corrected chi connectivity index (χ4v) is 48.4. The normalized spacial score (nSPS) is 20.1. The van der Waals surface area contributed by atoms with Crippen molar-refractivity contribution in [2.24, 2.45) is 0 Å². The minimum atomic E-state index is -4.88. The summed E-state index contributed by atoms with van der Waals surface area (Å²) in [7, 11) is 0. The molecule has 0 aromatic heterocycles. The van der Waals surface area contributed by atoms with Crippen molar-refractivity contribution >= 4 is 19.1 Å². The van der Waals surface area contributed by atoms with E-state index in [9.17, 15) is 0 Å². The average Bonchev–Trinajstić information content (AvgIpc) is 3.60. The van der Waals surface area contributed by atoms with Gasteiger partial charge in [0.1, 0.15) is 0 Å². The minimum absolute atomic E-state index is 0.436. The number of hydrogen-bond donors (Lipinski definition) is 0. The Kier molecular flexibility index (Phi) is 6.09. The van der Waals surface area contributed by atoms with Crippen LogP contribution in [0.5, 0.6) is 0 Å². The maximum atomic E-state index is 2.83. The van der Waals surface area contributed by atoms with Crippen LogP contribution in [0.3, 0.4) is 0 Å².